The molecule has 1 aromatic heterocycles. The first-order chi connectivity index (χ1) is 9.78. The van der Waals surface area contributed by atoms with E-state index in [1.54, 1.807) is 13.3 Å². The van der Waals surface area contributed by atoms with Gasteiger partial charge in [-0.2, -0.15) is 0 Å². The highest BCUT2D eigenvalue weighted by Gasteiger charge is 2.06. The van der Waals surface area contributed by atoms with E-state index in [4.69, 9.17) is 10.5 Å². The van der Waals surface area contributed by atoms with Crippen molar-refractivity contribution < 1.29 is 4.74 Å². The van der Waals surface area contributed by atoms with Crippen LogP contribution >= 0.6 is 0 Å². The van der Waals surface area contributed by atoms with Crippen LogP contribution in [0.25, 0.3) is 10.9 Å². The van der Waals surface area contributed by atoms with Gasteiger partial charge in [-0.05, 0) is 30.3 Å². The molecule has 0 bridgehead atoms. The number of benzene rings is 2. The molecule has 100 valence electrons. The van der Waals surface area contributed by atoms with Crippen molar-refractivity contribution >= 4 is 28.0 Å². The predicted molar refractivity (Wildman–Crippen MR) is 82.4 cm³/mol. The zero-order chi connectivity index (χ0) is 13.9. The SMILES string of the molecule is COc1ccc(Nc2c(N)cnc3ccccc23)cc1. The van der Waals surface area contributed by atoms with Crippen LogP contribution in [0.2, 0.25) is 0 Å². The number of nitrogen functional groups attached to an aromatic ring is 1. The zero-order valence-electron chi connectivity index (χ0n) is 11.1. The van der Waals surface area contributed by atoms with Crippen molar-refractivity contribution in [1.29, 1.82) is 0 Å². The van der Waals surface area contributed by atoms with Gasteiger partial charge in [-0.1, -0.05) is 18.2 Å². The summed E-state index contributed by atoms with van der Waals surface area (Å²) in [6.07, 6.45) is 1.67. The van der Waals surface area contributed by atoms with Crippen LogP contribution in [0.5, 0.6) is 5.75 Å². The van der Waals surface area contributed by atoms with Crippen molar-refractivity contribution in [2.45, 2.75) is 0 Å². The van der Waals surface area contributed by atoms with Crippen molar-refractivity contribution in [3.63, 3.8) is 0 Å². The van der Waals surface area contributed by atoms with Gasteiger partial charge in [0.2, 0.25) is 0 Å². The number of ether oxygens (including phenoxy) is 1. The fourth-order valence-electron chi connectivity index (χ4n) is 2.11. The number of methoxy groups -OCH3 is 1. The molecule has 3 aromatic rings. The summed E-state index contributed by atoms with van der Waals surface area (Å²) in [6.45, 7) is 0. The van der Waals surface area contributed by atoms with Gasteiger partial charge in [-0.3, -0.25) is 4.98 Å². The van der Waals surface area contributed by atoms with E-state index in [-0.39, 0.29) is 0 Å². The van der Waals surface area contributed by atoms with Crippen molar-refractivity contribution in [2.75, 3.05) is 18.2 Å². The highest BCUT2D eigenvalue weighted by atomic mass is 16.5. The second-order valence-corrected chi connectivity index (χ2v) is 4.46. The minimum Gasteiger partial charge on any atom is -0.497 e. The van der Waals surface area contributed by atoms with E-state index in [1.165, 1.54) is 0 Å². The Bertz CT molecular complexity index is 738. The molecule has 0 amide bonds. The van der Waals surface area contributed by atoms with Crippen LogP contribution in [-0.2, 0) is 0 Å². The number of nitrogens with one attached hydrogen (secondary N) is 1. The Morgan fingerprint density at radius 1 is 1.05 bits per heavy atom. The zero-order valence-corrected chi connectivity index (χ0v) is 11.1. The number of fused-ring (bicyclic) bond motifs is 1. The molecule has 0 radical (unpaired) electrons. The van der Waals surface area contributed by atoms with Gasteiger partial charge in [0, 0.05) is 11.1 Å². The fourth-order valence-corrected chi connectivity index (χ4v) is 2.11. The van der Waals surface area contributed by atoms with E-state index >= 15 is 0 Å². The second kappa shape index (κ2) is 5.09. The number of nitrogens with zero attached hydrogens (tertiary/aromatic N) is 1. The second-order valence-electron chi connectivity index (χ2n) is 4.46. The van der Waals surface area contributed by atoms with Crippen LogP contribution in [0.4, 0.5) is 17.1 Å². The van der Waals surface area contributed by atoms with Crippen LogP contribution in [0, 0.1) is 0 Å². The van der Waals surface area contributed by atoms with Gasteiger partial charge in [-0.15, -0.1) is 0 Å². The molecule has 3 rings (SSSR count). The Labute approximate surface area is 117 Å². The highest BCUT2D eigenvalue weighted by Crippen LogP contribution is 2.30. The largest absolute Gasteiger partial charge is 0.497 e. The molecule has 0 atom stereocenters. The van der Waals surface area contributed by atoms with Gasteiger partial charge in [0.15, 0.2) is 0 Å². The summed E-state index contributed by atoms with van der Waals surface area (Å²) in [4.78, 5) is 4.33. The summed E-state index contributed by atoms with van der Waals surface area (Å²) in [6, 6.07) is 15.6. The van der Waals surface area contributed by atoms with Gasteiger partial charge in [0.1, 0.15) is 5.75 Å². The first kappa shape index (κ1) is 12.3. The lowest BCUT2D eigenvalue weighted by molar-refractivity contribution is 0.415. The molecule has 4 nitrogen and oxygen atoms in total. The third kappa shape index (κ3) is 2.23. The quantitative estimate of drug-likeness (QED) is 0.760. The lowest BCUT2D eigenvalue weighted by Crippen LogP contribution is -1.98. The lowest BCUT2D eigenvalue weighted by Gasteiger charge is -2.12. The summed E-state index contributed by atoms with van der Waals surface area (Å²) < 4.78 is 5.15. The Morgan fingerprint density at radius 2 is 1.80 bits per heavy atom. The molecule has 0 saturated heterocycles. The monoisotopic (exact) mass is 265 g/mol. The van der Waals surface area contributed by atoms with Crippen LogP contribution in [0.3, 0.4) is 0 Å². The average Bonchev–Trinajstić information content (AvgIpc) is 2.51. The van der Waals surface area contributed by atoms with Crippen molar-refractivity contribution in [2.24, 2.45) is 0 Å². The molecule has 0 unspecified atom stereocenters. The Balaban J connectivity index is 2.02. The molecule has 20 heavy (non-hydrogen) atoms. The minimum atomic E-state index is 0.625. The lowest BCUT2D eigenvalue weighted by atomic mass is 10.1. The molecule has 0 saturated carbocycles. The Hall–Kier alpha value is -2.75. The number of hydrogen-bond donors (Lipinski definition) is 2. The van der Waals surface area contributed by atoms with Crippen LogP contribution in [-0.4, -0.2) is 12.1 Å². The van der Waals surface area contributed by atoms with Crippen LogP contribution < -0.4 is 15.8 Å². The maximum Gasteiger partial charge on any atom is 0.119 e. The summed E-state index contributed by atoms with van der Waals surface area (Å²) in [5.41, 5.74) is 9.41. The van der Waals surface area contributed by atoms with Gasteiger partial charge < -0.3 is 15.8 Å². The van der Waals surface area contributed by atoms with Gasteiger partial charge >= 0.3 is 0 Å². The number of nitrogens with two attached hydrogens (primary N) is 1. The minimum absolute atomic E-state index is 0.625. The molecule has 4 heteroatoms. The van der Waals surface area contributed by atoms with Gasteiger partial charge in [0.25, 0.3) is 0 Å². The van der Waals surface area contributed by atoms with Gasteiger partial charge in [0.05, 0.1) is 30.2 Å². The van der Waals surface area contributed by atoms with E-state index in [9.17, 15) is 0 Å². The third-order valence-electron chi connectivity index (χ3n) is 3.16. The van der Waals surface area contributed by atoms with Crippen molar-refractivity contribution in [3.8, 4) is 5.75 Å². The first-order valence-corrected chi connectivity index (χ1v) is 6.32. The molecule has 0 aliphatic carbocycles. The number of pyridine rings is 1. The van der Waals surface area contributed by atoms with E-state index in [0.717, 1.165) is 28.0 Å². The molecule has 3 N–H and O–H groups in total. The smallest absolute Gasteiger partial charge is 0.119 e. The first-order valence-electron chi connectivity index (χ1n) is 6.32. The van der Waals surface area contributed by atoms with Crippen LogP contribution in [0.1, 0.15) is 0 Å². The normalized spacial score (nSPS) is 10.4. The molecule has 0 aliphatic heterocycles. The molecule has 0 aliphatic rings. The number of hydrogen-bond acceptors (Lipinski definition) is 4. The van der Waals surface area contributed by atoms with Crippen molar-refractivity contribution in [1.82, 2.24) is 4.98 Å². The van der Waals surface area contributed by atoms with Crippen LogP contribution in [0.15, 0.2) is 54.7 Å². The maximum absolute atomic E-state index is 6.04. The Kier molecular flexibility index (Phi) is 3.13. The summed E-state index contributed by atoms with van der Waals surface area (Å²) in [7, 11) is 1.65. The van der Waals surface area contributed by atoms with Crippen molar-refractivity contribution in [3.05, 3.63) is 54.7 Å². The number of anilines is 3. The van der Waals surface area contributed by atoms with E-state index in [1.807, 2.05) is 48.5 Å². The Morgan fingerprint density at radius 3 is 2.55 bits per heavy atom. The number of aromatic nitrogens is 1. The summed E-state index contributed by atoms with van der Waals surface area (Å²) in [5.74, 6) is 0.822. The standard InChI is InChI=1S/C16H15N3O/c1-20-12-8-6-11(7-9-12)19-16-13-4-2-3-5-15(13)18-10-14(16)17/h2-10H,17H2,1H3,(H,18,19). The third-order valence-corrected chi connectivity index (χ3v) is 3.16. The number of para-hydroxylation sites is 1. The number of rotatable bonds is 3. The summed E-state index contributed by atoms with van der Waals surface area (Å²) in [5, 5.41) is 4.35. The highest BCUT2D eigenvalue weighted by molar-refractivity contribution is 5.98. The molecular formula is C16H15N3O. The maximum atomic E-state index is 6.04. The topological polar surface area (TPSA) is 60.2 Å². The molecule has 0 spiro atoms. The average molecular weight is 265 g/mol. The molecule has 1 heterocycles. The van der Waals surface area contributed by atoms with Gasteiger partial charge in [-0.25, -0.2) is 0 Å². The molecule has 0 fully saturated rings. The summed E-state index contributed by atoms with van der Waals surface area (Å²) >= 11 is 0. The molecule has 2 aromatic carbocycles. The van der Waals surface area contributed by atoms with E-state index in [2.05, 4.69) is 10.3 Å². The van der Waals surface area contributed by atoms with E-state index < -0.39 is 0 Å². The predicted octanol–water partition coefficient (Wildman–Crippen LogP) is 3.57. The van der Waals surface area contributed by atoms with E-state index in [0.29, 0.717) is 5.69 Å². The fraction of sp³-hybridized carbons (Fsp3) is 0.0625. The molecular weight excluding hydrogens is 250 g/mol.